The molecule has 0 spiro atoms. The van der Waals surface area contributed by atoms with Crippen molar-refractivity contribution in [3.05, 3.63) is 41.2 Å². The van der Waals surface area contributed by atoms with Crippen LogP contribution in [0.4, 0.5) is 5.13 Å². The number of fused-ring (bicyclic) bond motifs is 1. The second kappa shape index (κ2) is 8.81. The van der Waals surface area contributed by atoms with Gasteiger partial charge in [0.2, 0.25) is 0 Å². The smallest absolute Gasteiger partial charge is 0.278 e. The molecule has 2 aromatic heterocycles. The van der Waals surface area contributed by atoms with Crippen LogP contribution in [0, 0.1) is 0 Å². The first-order valence-electron chi connectivity index (χ1n) is 8.04. The van der Waals surface area contributed by atoms with Crippen molar-refractivity contribution in [2.24, 2.45) is 0 Å². The van der Waals surface area contributed by atoms with Crippen LogP contribution < -0.4 is 4.90 Å². The van der Waals surface area contributed by atoms with E-state index in [4.69, 9.17) is 11.6 Å². The second-order valence-electron chi connectivity index (χ2n) is 5.88. The predicted octanol–water partition coefficient (Wildman–Crippen LogP) is 3.80. The molecule has 0 bridgehead atoms. The Morgan fingerprint density at radius 2 is 2.04 bits per heavy atom. The van der Waals surface area contributed by atoms with E-state index in [2.05, 4.69) is 10.1 Å². The lowest BCUT2D eigenvalue weighted by Gasteiger charge is -2.22. The number of hydrogen-bond donors (Lipinski definition) is 0. The molecule has 0 N–H and O–H groups in total. The molecule has 0 saturated heterocycles. The summed E-state index contributed by atoms with van der Waals surface area (Å²) in [6.07, 6.45) is 1.65. The van der Waals surface area contributed by atoms with E-state index in [-0.39, 0.29) is 18.3 Å². The van der Waals surface area contributed by atoms with Crippen molar-refractivity contribution in [2.45, 2.75) is 13.5 Å². The van der Waals surface area contributed by atoms with Crippen molar-refractivity contribution in [1.82, 2.24) is 19.7 Å². The molecule has 2 heterocycles. The molecule has 0 aliphatic heterocycles. The van der Waals surface area contributed by atoms with Crippen LogP contribution >= 0.6 is 35.3 Å². The van der Waals surface area contributed by atoms with Crippen LogP contribution in [-0.2, 0) is 6.54 Å². The van der Waals surface area contributed by atoms with E-state index in [1.807, 2.05) is 44.1 Å². The summed E-state index contributed by atoms with van der Waals surface area (Å²) in [7, 11) is 3.96. The maximum Gasteiger partial charge on any atom is 0.278 e. The summed E-state index contributed by atoms with van der Waals surface area (Å²) in [5, 5.41) is 5.45. The van der Waals surface area contributed by atoms with Gasteiger partial charge in [-0.05, 0) is 39.2 Å². The molecular weight excluding hydrogens is 393 g/mol. The van der Waals surface area contributed by atoms with Gasteiger partial charge in [0, 0.05) is 25.8 Å². The Kier molecular flexibility index (Phi) is 7.00. The molecule has 3 aromatic rings. The monoisotopic (exact) mass is 413 g/mol. The van der Waals surface area contributed by atoms with Crippen molar-refractivity contribution in [3.8, 4) is 0 Å². The van der Waals surface area contributed by atoms with Gasteiger partial charge >= 0.3 is 0 Å². The van der Waals surface area contributed by atoms with Gasteiger partial charge < -0.3 is 4.90 Å². The minimum absolute atomic E-state index is 0. The Hall–Kier alpha value is -1.67. The molecule has 0 atom stereocenters. The molecule has 0 aliphatic rings. The summed E-state index contributed by atoms with van der Waals surface area (Å²) in [5.41, 5.74) is 1.29. The fourth-order valence-corrected chi connectivity index (χ4v) is 3.80. The molecule has 1 aromatic carbocycles. The van der Waals surface area contributed by atoms with E-state index in [1.165, 1.54) is 11.3 Å². The Bertz CT molecular complexity index is 892. The molecule has 6 nitrogen and oxygen atoms in total. The molecule has 140 valence electrons. The summed E-state index contributed by atoms with van der Waals surface area (Å²) in [4.78, 5) is 21.5. The predicted molar refractivity (Wildman–Crippen MR) is 110 cm³/mol. The van der Waals surface area contributed by atoms with Crippen molar-refractivity contribution < 1.29 is 4.79 Å². The number of halogens is 2. The molecule has 0 saturated carbocycles. The van der Waals surface area contributed by atoms with E-state index >= 15 is 0 Å². The van der Waals surface area contributed by atoms with E-state index < -0.39 is 0 Å². The average Bonchev–Trinajstić information content (AvgIpc) is 3.21. The Labute approximate surface area is 167 Å². The highest BCUT2D eigenvalue weighted by molar-refractivity contribution is 7.22. The molecule has 0 unspecified atom stereocenters. The molecular formula is C17H21Cl2N5OS. The highest BCUT2D eigenvalue weighted by atomic mass is 35.5. The zero-order valence-electron chi connectivity index (χ0n) is 14.8. The fourth-order valence-electron chi connectivity index (χ4n) is 2.51. The van der Waals surface area contributed by atoms with Crippen LogP contribution in [0.5, 0.6) is 0 Å². The van der Waals surface area contributed by atoms with E-state index in [1.54, 1.807) is 21.8 Å². The van der Waals surface area contributed by atoms with Gasteiger partial charge in [-0.15, -0.1) is 12.4 Å². The van der Waals surface area contributed by atoms with Crippen molar-refractivity contribution in [3.63, 3.8) is 0 Å². The topological polar surface area (TPSA) is 54.3 Å². The van der Waals surface area contributed by atoms with Crippen LogP contribution in [0.1, 0.15) is 17.4 Å². The van der Waals surface area contributed by atoms with Gasteiger partial charge in [-0.25, -0.2) is 4.98 Å². The normalized spacial score (nSPS) is 11.0. The van der Waals surface area contributed by atoms with Crippen molar-refractivity contribution >= 4 is 56.6 Å². The Morgan fingerprint density at radius 1 is 1.27 bits per heavy atom. The zero-order chi connectivity index (χ0) is 18.0. The van der Waals surface area contributed by atoms with Crippen LogP contribution in [0.2, 0.25) is 5.02 Å². The van der Waals surface area contributed by atoms with Gasteiger partial charge in [-0.3, -0.25) is 14.4 Å². The van der Waals surface area contributed by atoms with Crippen LogP contribution in [0.3, 0.4) is 0 Å². The summed E-state index contributed by atoms with van der Waals surface area (Å²) in [6.45, 7) is 3.88. The number of benzene rings is 1. The lowest BCUT2D eigenvalue weighted by molar-refractivity contribution is 0.0975. The van der Waals surface area contributed by atoms with Gasteiger partial charge in [0.15, 0.2) is 5.13 Å². The summed E-state index contributed by atoms with van der Waals surface area (Å²) in [5.74, 6) is -0.101. The minimum Gasteiger partial charge on any atom is -0.308 e. The lowest BCUT2D eigenvalue weighted by atomic mass is 10.3. The number of nitrogens with zero attached hydrogens (tertiary/aromatic N) is 5. The van der Waals surface area contributed by atoms with Crippen molar-refractivity contribution in [2.75, 3.05) is 32.1 Å². The molecule has 0 fully saturated rings. The number of anilines is 1. The zero-order valence-corrected chi connectivity index (χ0v) is 17.2. The van der Waals surface area contributed by atoms with Crippen LogP contribution in [0.25, 0.3) is 10.2 Å². The Balaban J connectivity index is 0.00000243. The molecule has 1 amide bonds. The molecule has 0 radical (unpaired) electrons. The average molecular weight is 414 g/mol. The highest BCUT2D eigenvalue weighted by Gasteiger charge is 2.24. The third kappa shape index (κ3) is 4.17. The third-order valence-electron chi connectivity index (χ3n) is 3.84. The van der Waals surface area contributed by atoms with Gasteiger partial charge in [0.1, 0.15) is 11.2 Å². The largest absolute Gasteiger partial charge is 0.308 e. The number of hydrogen-bond acceptors (Lipinski definition) is 5. The van der Waals surface area contributed by atoms with Gasteiger partial charge in [-0.2, -0.15) is 5.10 Å². The number of likely N-dealkylation sites (N-methyl/N-ethyl adjacent to an activating group) is 1. The van der Waals surface area contributed by atoms with E-state index in [9.17, 15) is 4.79 Å². The highest BCUT2D eigenvalue weighted by Crippen LogP contribution is 2.33. The maximum atomic E-state index is 13.1. The molecule has 26 heavy (non-hydrogen) atoms. The number of para-hydroxylation sites is 1. The Morgan fingerprint density at radius 3 is 2.69 bits per heavy atom. The van der Waals surface area contributed by atoms with E-state index in [0.29, 0.717) is 28.9 Å². The number of carbonyl (C=O) groups is 1. The summed E-state index contributed by atoms with van der Waals surface area (Å²) >= 11 is 7.72. The fraction of sp³-hybridized carbons (Fsp3) is 0.353. The minimum atomic E-state index is -0.101. The lowest BCUT2D eigenvalue weighted by Crippen LogP contribution is -2.37. The first kappa shape index (κ1) is 20.6. The third-order valence-corrected chi connectivity index (χ3v) is 5.19. The molecule has 9 heteroatoms. The first-order chi connectivity index (χ1) is 12.0. The quantitative estimate of drug-likeness (QED) is 0.616. The number of thiazole rings is 1. The van der Waals surface area contributed by atoms with Crippen LogP contribution in [-0.4, -0.2) is 52.8 Å². The van der Waals surface area contributed by atoms with Gasteiger partial charge in [0.25, 0.3) is 5.91 Å². The number of aryl methyl sites for hydroxylation is 1. The number of amides is 1. The maximum absolute atomic E-state index is 13.1. The van der Waals surface area contributed by atoms with Gasteiger partial charge in [-0.1, -0.05) is 29.0 Å². The molecule has 0 aliphatic carbocycles. The molecule has 3 rings (SSSR count). The van der Waals surface area contributed by atoms with E-state index in [0.717, 1.165) is 16.8 Å². The van der Waals surface area contributed by atoms with Gasteiger partial charge in [0.05, 0.1) is 9.72 Å². The SMILES string of the molecule is CCn1nccc1C(=O)N(CCN(C)C)c1nc2c(Cl)cccc2s1.Cl. The summed E-state index contributed by atoms with van der Waals surface area (Å²) in [6, 6.07) is 7.42. The standard InChI is InChI=1S/C17H20ClN5OS.ClH/c1-4-23-13(8-9-19-23)16(24)22(11-10-21(2)3)17-20-15-12(18)6-5-7-14(15)25-17;/h5-9H,4,10-11H2,1-3H3;1H. The summed E-state index contributed by atoms with van der Waals surface area (Å²) < 4.78 is 2.67. The second-order valence-corrected chi connectivity index (χ2v) is 7.29. The van der Waals surface area contributed by atoms with Crippen LogP contribution in [0.15, 0.2) is 30.5 Å². The number of aromatic nitrogens is 3. The number of carbonyl (C=O) groups excluding carboxylic acids is 1. The first-order valence-corrected chi connectivity index (χ1v) is 9.24. The van der Waals surface area contributed by atoms with Crippen molar-refractivity contribution in [1.29, 1.82) is 0 Å². The number of rotatable bonds is 6.